The van der Waals surface area contributed by atoms with Crippen molar-refractivity contribution in [1.29, 1.82) is 0 Å². The van der Waals surface area contributed by atoms with Crippen molar-refractivity contribution in [2.75, 3.05) is 0 Å². The molecular formula is C18H12Cl2F4N2O2. The number of benzene rings is 2. The van der Waals surface area contributed by atoms with Crippen LogP contribution >= 0.6 is 23.2 Å². The molecular weight excluding hydrogens is 423 g/mol. The highest BCUT2D eigenvalue weighted by Crippen LogP contribution is 2.50. The van der Waals surface area contributed by atoms with Gasteiger partial charge in [-0.25, -0.2) is 4.39 Å². The number of carbonyl (C=O) groups excluding carboxylic acids is 1. The number of nitrogens with two attached hydrogens (primary N) is 1. The number of halogens is 6. The van der Waals surface area contributed by atoms with Gasteiger partial charge in [0, 0.05) is 23.1 Å². The molecule has 1 aliphatic rings. The molecule has 0 unspecified atom stereocenters. The smallest absolute Gasteiger partial charge is 0.374 e. The lowest BCUT2D eigenvalue weighted by Gasteiger charge is -2.29. The van der Waals surface area contributed by atoms with Crippen LogP contribution in [0.1, 0.15) is 33.5 Å². The van der Waals surface area contributed by atoms with Crippen LogP contribution in [0.4, 0.5) is 17.6 Å². The highest BCUT2D eigenvalue weighted by Gasteiger charge is 2.62. The van der Waals surface area contributed by atoms with Crippen molar-refractivity contribution in [2.45, 2.75) is 25.1 Å². The summed E-state index contributed by atoms with van der Waals surface area (Å²) in [5, 5.41) is 2.46. The molecule has 28 heavy (non-hydrogen) atoms. The van der Waals surface area contributed by atoms with Crippen molar-refractivity contribution in [3.63, 3.8) is 0 Å². The normalized spacial score (nSPS) is 19.3. The Labute approximate surface area is 166 Å². The maximum Gasteiger partial charge on any atom is 0.435 e. The fraction of sp³-hybridized carbons (Fsp3) is 0.222. The minimum atomic E-state index is -4.92. The second-order valence-corrected chi connectivity index (χ2v) is 7.04. The molecule has 1 aliphatic heterocycles. The second kappa shape index (κ2) is 6.93. The first-order chi connectivity index (χ1) is 13.0. The van der Waals surface area contributed by atoms with Gasteiger partial charge in [-0.2, -0.15) is 13.2 Å². The molecule has 1 amide bonds. The highest BCUT2D eigenvalue weighted by atomic mass is 35.5. The average Bonchev–Trinajstić information content (AvgIpc) is 3.05. The summed E-state index contributed by atoms with van der Waals surface area (Å²) in [5.41, 5.74) is 2.65. The van der Waals surface area contributed by atoms with Gasteiger partial charge in [0.2, 0.25) is 5.91 Å². The molecule has 0 aliphatic carbocycles. The first-order valence-electron chi connectivity index (χ1n) is 7.84. The Bertz CT molecular complexity index is 985. The molecule has 0 bridgehead atoms. The maximum atomic E-state index is 14.0. The topological polar surface area (TPSA) is 64.7 Å². The van der Waals surface area contributed by atoms with Gasteiger partial charge in [-0.3, -0.25) is 4.79 Å². The van der Waals surface area contributed by atoms with E-state index < -0.39 is 45.5 Å². The first-order valence-corrected chi connectivity index (χ1v) is 8.60. The minimum Gasteiger partial charge on any atom is -0.374 e. The number of carbonyl (C=O) groups is 1. The Balaban J connectivity index is 2.10. The van der Waals surface area contributed by atoms with Gasteiger partial charge in [-0.05, 0) is 30.7 Å². The molecule has 0 fully saturated rings. The summed E-state index contributed by atoms with van der Waals surface area (Å²) in [6.07, 6.45) is -5.64. The molecule has 2 aromatic rings. The summed E-state index contributed by atoms with van der Waals surface area (Å²) in [6, 6.07) is 6.04. The summed E-state index contributed by atoms with van der Waals surface area (Å²) in [4.78, 5) is 16.4. The molecule has 4 nitrogen and oxygen atoms in total. The number of oxime groups is 1. The molecule has 2 N–H and O–H groups in total. The molecule has 148 valence electrons. The molecule has 0 saturated carbocycles. The van der Waals surface area contributed by atoms with Crippen LogP contribution < -0.4 is 5.73 Å². The highest BCUT2D eigenvalue weighted by molar-refractivity contribution is 6.35. The summed E-state index contributed by atoms with van der Waals surface area (Å²) in [6.45, 7) is 1.54. The molecule has 0 radical (unpaired) electrons. The summed E-state index contributed by atoms with van der Waals surface area (Å²) >= 11 is 11.3. The van der Waals surface area contributed by atoms with E-state index in [1.165, 1.54) is 25.1 Å². The Morgan fingerprint density at radius 3 is 2.39 bits per heavy atom. The molecule has 2 aromatic carbocycles. The Kier molecular flexibility index (Phi) is 5.05. The molecule has 0 saturated heterocycles. The number of hydrogen-bond acceptors (Lipinski definition) is 3. The quantitative estimate of drug-likeness (QED) is 0.537. The van der Waals surface area contributed by atoms with Crippen molar-refractivity contribution in [2.24, 2.45) is 10.9 Å². The predicted octanol–water partition coefficient (Wildman–Crippen LogP) is 5.12. The van der Waals surface area contributed by atoms with Crippen LogP contribution in [0.25, 0.3) is 0 Å². The molecule has 1 heterocycles. The Morgan fingerprint density at radius 1 is 1.25 bits per heavy atom. The Morgan fingerprint density at radius 2 is 1.86 bits per heavy atom. The van der Waals surface area contributed by atoms with Crippen molar-refractivity contribution in [3.8, 4) is 0 Å². The monoisotopic (exact) mass is 434 g/mol. The van der Waals surface area contributed by atoms with E-state index in [0.717, 1.165) is 12.1 Å². The third-order valence-electron chi connectivity index (χ3n) is 4.55. The van der Waals surface area contributed by atoms with Crippen LogP contribution in [0.2, 0.25) is 10.0 Å². The molecule has 10 heteroatoms. The number of nitrogens with zero attached hydrogens (tertiary/aromatic N) is 1. The van der Waals surface area contributed by atoms with E-state index in [0.29, 0.717) is 5.56 Å². The zero-order chi connectivity index (χ0) is 20.9. The van der Waals surface area contributed by atoms with Crippen molar-refractivity contribution in [3.05, 3.63) is 68.4 Å². The number of primary amides is 1. The standard InChI is InChI=1S/C18H12Cl2F4N2O2/c1-8-10(3-2-4-11(8)16(25)27)14-7-17(28-26-14,18(22,23)24)9-5-12(19)15(21)13(20)6-9/h2-6H,7H2,1H3,(H2,25,27)/t17-/m0/s1. The lowest BCUT2D eigenvalue weighted by molar-refractivity contribution is -0.275. The summed E-state index contributed by atoms with van der Waals surface area (Å²) in [7, 11) is 0. The lowest BCUT2D eigenvalue weighted by atomic mass is 9.85. The van der Waals surface area contributed by atoms with Crippen molar-refractivity contribution in [1.82, 2.24) is 0 Å². The van der Waals surface area contributed by atoms with E-state index in [9.17, 15) is 22.4 Å². The third kappa shape index (κ3) is 3.20. The van der Waals surface area contributed by atoms with E-state index >= 15 is 0 Å². The molecule has 1 atom stereocenters. The van der Waals surface area contributed by atoms with Crippen molar-refractivity contribution < 1.29 is 27.2 Å². The number of amides is 1. The van der Waals surface area contributed by atoms with E-state index in [4.69, 9.17) is 33.8 Å². The minimum absolute atomic E-state index is 0.0468. The molecule has 0 aromatic heterocycles. The SMILES string of the molecule is Cc1c(C(N)=O)cccc1C1=NO[C@@](c2cc(Cl)c(F)c(Cl)c2)(C(F)(F)F)C1. The van der Waals surface area contributed by atoms with Crippen LogP contribution in [-0.2, 0) is 10.4 Å². The fourth-order valence-electron chi connectivity index (χ4n) is 3.05. The van der Waals surface area contributed by atoms with Crippen molar-refractivity contribution >= 4 is 34.8 Å². The summed E-state index contributed by atoms with van der Waals surface area (Å²) < 4.78 is 55.7. The number of rotatable bonds is 3. The third-order valence-corrected chi connectivity index (χ3v) is 5.10. The lowest BCUT2D eigenvalue weighted by Crippen LogP contribution is -2.42. The zero-order valence-corrected chi connectivity index (χ0v) is 15.7. The van der Waals surface area contributed by atoms with Gasteiger partial charge in [0.1, 0.15) is 0 Å². The average molecular weight is 435 g/mol. The maximum absolute atomic E-state index is 14.0. The summed E-state index contributed by atoms with van der Waals surface area (Å²) in [5.74, 6) is -1.76. The van der Waals surface area contributed by atoms with Gasteiger partial charge in [-0.15, -0.1) is 0 Å². The second-order valence-electron chi connectivity index (χ2n) is 6.23. The van der Waals surface area contributed by atoms with E-state index in [1.807, 2.05) is 0 Å². The van der Waals surface area contributed by atoms with Crippen LogP contribution in [0, 0.1) is 12.7 Å². The Hall–Kier alpha value is -2.32. The van der Waals surface area contributed by atoms with Gasteiger partial charge in [0.15, 0.2) is 5.82 Å². The number of hydrogen-bond donors (Lipinski definition) is 1. The van der Waals surface area contributed by atoms with Gasteiger partial charge >= 0.3 is 6.18 Å². The van der Waals surface area contributed by atoms with E-state index in [-0.39, 0.29) is 16.8 Å². The van der Waals surface area contributed by atoms with Gasteiger partial charge in [-0.1, -0.05) is 40.5 Å². The number of alkyl halides is 3. The predicted molar refractivity (Wildman–Crippen MR) is 96.1 cm³/mol. The van der Waals surface area contributed by atoms with E-state index in [1.54, 1.807) is 0 Å². The van der Waals surface area contributed by atoms with Gasteiger partial charge in [0.05, 0.1) is 15.8 Å². The van der Waals surface area contributed by atoms with Crippen LogP contribution in [-0.4, -0.2) is 17.8 Å². The fourth-order valence-corrected chi connectivity index (χ4v) is 3.54. The van der Waals surface area contributed by atoms with Crippen LogP contribution in [0.5, 0.6) is 0 Å². The van der Waals surface area contributed by atoms with E-state index in [2.05, 4.69) is 5.16 Å². The van der Waals surface area contributed by atoms with Crippen LogP contribution in [0.15, 0.2) is 35.5 Å². The first kappa shape index (κ1) is 20.4. The molecule has 0 spiro atoms. The van der Waals surface area contributed by atoms with Gasteiger partial charge in [0.25, 0.3) is 5.60 Å². The van der Waals surface area contributed by atoms with Gasteiger partial charge < -0.3 is 10.6 Å². The zero-order valence-electron chi connectivity index (χ0n) is 14.2. The van der Waals surface area contributed by atoms with Crippen LogP contribution in [0.3, 0.4) is 0 Å². The largest absolute Gasteiger partial charge is 0.435 e. The molecule has 3 rings (SSSR count).